The molecule has 3 heterocycles. The van der Waals surface area contributed by atoms with Gasteiger partial charge in [-0.3, -0.25) is 9.80 Å². The molecule has 2 N–H and O–H groups in total. The van der Waals surface area contributed by atoms with E-state index < -0.39 is 9.84 Å². The van der Waals surface area contributed by atoms with E-state index in [1.807, 2.05) is 6.92 Å². The van der Waals surface area contributed by atoms with Crippen molar-refractivity contribution in [2.24, 2.45) is 4.99 Å². The SMILES string of the molecule is CCNC(=NCc1cc(F)ccc1CS(C)(=O)=O)NCC1CN2CCN1CC2.I. The van der Waals surface area contributed by atoms with Crippen LogP contribution in [0.15, 0.2) is 23.2 Å². The molecule has 0 spiro atoms. The van der Waals surface area contributed by atoms with E-state index in [0.717, 1.165) is 39.3 Å². The summed E-state index contributed by atoms with van der Waals surface area (Å²) in [5.74, 6) is 0.157. The molecular weight excluding hydrogens is 508 g/mol. The lowest BCUT2D eigenvalue weighted by atomic mass is 10.1. The van der Waals surface area contributed by atoms with Crippen LogP contribution in [-0.4, -0.2) is 82.3 Å². The van der Waals surface area contributed by atoms with Gasteiger partial charge in [0.25, 0.3) is 0 Å². The lowest BCUT2D eigenvalue weighted by molar-refractivity contribution is 0.0154. The maximum atomic E-state index is 13.7. The molecule has 1 atom stereocenters. The molecule has 0 amide bonds. The minimum atomic E-state index is -3.20. The number of hydrogen-bond acceptors (Lipinski definition) is 5. The normalized spacial score (nSPS) is 24.1. The zero-order valence-electron chi connectivity index (χ0n) is 17.0. The number of sulfone groups is 1. The second-order valence-corrected chi connectivity index (χ2v) is 9.69. The Morgan fingerprint density at radius 3 is 2.52 bits per heavy atom. The molecule has 1 unspecified atom stereocenters. The van der Waals surface area contributed by atoms with Crippen LogP contribution in [0.2, 0.25) is 0 Å². The molecule has 0 aliphatic carbocycles. The van der Waals surface area contributed by atoms with E-state index in [4.69, 9.17) is 0 Å². The van der Waals surface area contributed by atoms with Gasteiger partial charge in [-0.05, 0) is 30.2 Å². The van der Waals surface area contributed by atoms with Gasteiger partial charge in [0.15, 0.2) is 15.8 Å². The molecule has 10 heteroatoms. The number of guanidine groups is 1. The van der Waals surface area contributed by atoms with Crippen LogP contribution in [0.25, 0.3) is 0 Å². The number of rotatable bonds is 7. The molecule has 2 bridgehead atoms. The highest BCUT2D eigenvalue weighted by Crippen LogP contribution is 2.16. The van der Waals surface area contributed by atoms with Crippen LogP contribution in [-0.2, 0) is 22.1 Å². The van der Waals surface area contributed by atoms with Gasteiger partial charge in [0.2, 0.25) is 0 Å². The molecule has 3 aliphatic heterocycles. The minimum Gasteiger partial charge on any atom is -0.357 e. The summed E-state index contributed by atoms with van der Waals surface area (Å²) in [6.45, 7) is 9.30. The third-order valence-electron chi connectivity index (χ3n) is 5.24. The van der Waals surface area contributed by atoms with E-state index in [1.165, 1.54) is 24.5 Å². The second kappa shape index (κ2) is 10.9. The standard InChI is InChI=1S/C19H30FN5O2S.HI/c1-3-21-19(23-12-18-13-24-6-8-25(18)9-7-24)22-11-16-10-17(20)5-4-15(16)14-28(2,26)27;/h4-5,10,18H,3,6-9,11-14H2,1-2H3,(H2,21,22,23);1H. The highest BCUT2D eigenvalue weighted by atomic mass is 127. The van der Waals surface area contributed by atoms with Crippen molar-refractivity contribution in [3.8, 4) is 0 Å². The van der Waals surface area contributed by atoms with E-state index in [-0.39, 0.29) is 42.1 Å². The lowest BCUT2D eigenvalue weighted by Gasteiger charge is -2.47. The monoisotopic (exact) mass is 539 g/mol. The number of hydrogen-bond donors (Lipinski definition) is 2. The lowest BCUT2D eigenvalue weighted by Crippen LogP contribution is -2.63. The number of aliphatic imine (C=N–C) groups is 1. The molecule has 29 heavy (non-hydrogen) atoms. The first kappa shape index (κ1) is 24.3. The first-order chi connectivity index (χ1) is 13.3. The van der Waals surface area contributed by atoms with Crippen LogP contribution in [0, 0.1) is 5.82 Å². The Bertz CT molecular complexity index is 813. The highest BCUT2D eigenvalue weighted by molar-refractivity contribution is 14.0. The molecule has 0 saturated carbocycles. The number of piperazine rings is 3. The Morgan fingerprint density at radius 1 is 1.21 bits per heavy atom. The molecule has 3 aliphatic rings. The average molecular weight is 539 g/mol. The predicted molar refractivity (Wildman–Crippen MR) is 125 cm³/mol. The summed E-state index contributed by atoms with van der Waals surface area (Å²) in [7, 11) is -3.20. The Hall–Kier alpha value is -0.980. The van der Waals surface area contributed by atoms with Crippen molar-refractivity contribution in [1.29, 1.82) is 0 Å². The van der Waals surface area contributed by atoms with Crippen molar-refractivity contribution in [2.75, 3.05) is 52.1 Å². The summed E-state index contributed by atoms with van der Waals surface area (Å²) in [6.07, 6.45) is 1.18. The minimum absolute atomic E-state index is 0. The van der Waals surface area contributed by atoms with Gasteiger partial charge in [0, 0.05) is 58.1 Å². The fourth-order valence-corrected chi connectivity index (χ4v) is 4.65. The first-order valence-corrected chi connectivity index (χ1v) is 11.8. The number of benzene rings is 1. The summed E-state index contributed by atoms with van der Waals surface area (Å²) in [5, 5.41) is 6.60. The summed E-state index contributed by atoms with van der Waals surface area (Å²) in [4.78, 5) is 9.56. The Balaban J connectivity index is 0.00000300. The maximum Gasteiger partial charge on any atom is 0.191 e. The van der Waals surface area contributed by atoms with E-state index in [9.17, 15) is 12.8 Å². The maximum absolute atomic E-state index is 13.7. The summed E-state index contributed by atoms with van der Waals surface area (Å²) >= 11 is 0. The average Bonchev–Trinajstić information content (AvgIpc) is 2.66. The Kier molecular flexibility index (Phi) is 9.11. The van der Waals surface area contributed by atoms with Crippen LogP contribution >= 0.6 is 24.0 Å². The summed E-state index contributed by atoms with van der Waals surface area (Å²) in [6, 6.07) is 4.65. The summed E-state index contributed by atoms with van der Waals surface area (Å²) in [5.41, 5.74) is 1.18. The fourth-order valence-electron chi connectivity index (χ4n) is 3.80. The van der Waals surface area contributed by atoms with E-state index >= 15 is 0 Å². The number of halogens is 2. The topological polar surface area (TPSA) is 77.0 Å². The first-order valence-electron chi connectivity index (χ1n) is 9.77. The van der Waals surface area contributed by atoms with Gasteiger partial charge in [-0.2, -0.15) is 0 Å². The van der Waals surface area contributed by atoms with Crippen LogP contribution in [0.3, 0.4) is 0 Å². The van der Waals surface area contributed by atoms with Gasteiger partial charge in [-0.1, -0.05) is 6.07 Å². The zero-order valence-corrected chi connectivity index (χ0v) is 20.2. The molecule has 164 valence electrons. The van der Waals surface area contributed by atoms with Gasteiger partial charge in [0.1, 0.15) is 5.82 Å². The fraction of sp³-hybridized carbons (Fsp3) is 0.632. The van der Waals surface area contributed by atoms with Gasteiger partial charge in [-0.25, -0.2) is 17.8 Å². The zero-order chi connectivity index (χ0) is 20.1. The largest absolute Gasteiger partial charge is 0.357 e. The van der Waals surface area contributed by atoms with Crippen molar-refractivity contribution < 1.29 is 12.8 Å². The molecule has 3 fully saturated rings. The van der Waals surface area contributed by atoms with E-state index in [2.05, 4.69) is 25.4 Å². The van der Waals surface area contributed by atoms with Crippen molar-refractivity contribution >= 4 is 39.8 Å². The number of nitrogens with zero attached hydrogens (tertiary/aromatic N) is 3. The quantitative estimate of drug-likeness (QED) is 0.307. The van der Waals surface area contributed by atoms with Crippen molar-refractivity contribution in [2.45, 2.75) is 25.3 Å². The van der Waals surface area contributed by atoms with Crippen LogP contribution < -0.4 is 10.6 Å². The predicted octanol–water partition coefficient (Wildman–Crippen LogP) is 1.04. The third-order valence-corrected chi connectivity index (χ3v) is 6.07. The van der Waals surface area contributed by atoms with Crippen LogP contribution in [0.4, 0.5) is 4.39 Å². The van der Waals surface area contributed by atoms with Crippen LogP contribution in [0.5, 0.6) is 0 Å². The van der Waals surface area contributed by atoms with Crippen molar-refractivity contribution in [3.63, 3.8) is 0 Å². The van der Waals surface area contributed by atoms with E-state index in [0.29, 0.717) is 29.7 Å². The molecule has 1 aromatic carbocycles. The van der Waals surface area contributed by atoms with Gasteiger partial charge in [0.05, 0.1) is 12.3 Å². The molecule has 0 aromatic heterocycles. The summed E-state index contributed by atoms with van der Waals surface area (Å²) < 4.78 is 37.0. The second-order valence-electron chi connectivity index (χ2n) is 7.55. The van der Waals surface area contributed by atoms with Gasteiger partial charge >= 0.3 is 0 Å². The van der Waals surface area contributed by atoms with Gasteiger partial charge < -0.3 is 10.6 Å². The van der Waals surface area contributed by atoms with Crippen molar-refractivity contribution in [3.05, 3.63) is 35.1 Å². The molecule has 7 nitrogen and oxygen atoms in total. The van der Waals surface area contributed by atoms with Crippen molar-refractivity contribution in [1.82, 2.24) is 20.4 Å². The molecule has 4 rings (SSSR count). The third kappa shape index (κ3) is 7.34. The number of fused-ring (bicyclic) bond motifs is 3. The number of nitrogens with one attached hydrogen (secondary N) is 2. The molecule has 0 radical (unpaired) electrons. The molecule has 3 saturated heterocycles. The highest BCUT2D eigenvalue weighted by Gasteiger charge is 2.31. The van der Waals surface area contributed by atoms with E-state index in [1.54, 1.807) is 0 Å². The Morgan fingerprint density at radius 2 is 1.93 bits per heavy atom. The van der Waals surface area contributed by atoms with Gasteiger partial charge in [-0.15, -0.1) is 24.0 Å². The molecule has 1 aromatic rings. The molecular formula is C19H31FIN5O2S. The van der Waals surface area contributed by atoms with Crippen LogP contribution in [0.1, 0.15) is 18.1 Å². The Labute approximate surface area is 190 Å². The smallest absolute Gasteiger partial charge is 0.191 e.